The fraction of sp³-hybridized carbons (Fsp3) is 0.333. The fourth-order valence-electron chi connectivity index (χ4n) is 0.663. The van der Waals surface area contributed by atoms with Crippen LogP contribution in [-0.4, -0.2) is 37.0 Å². The Morgan fingerprint density at radius 3 is 3.15 bits per heavy atom. The predicted molar refractivity (Wildman–Crippen MR) is 46.4 cm³/mol. The maximum atomic E-state index is 10.2. The molecule has 70 valence electrons. The van der Waals surface area contributed by atoms with Crippen molar-refractivity contribution in [2.24, 2.45) is 0 Å². The summed E-state index contributed by atoms with van der Waals surface area (Å²) in [5, 5.41) is 19.6. The van der Waals surface area contributed by atoms with Crippen LogP contribution in [0.15, 0.2) is 17.8 Å². The van der Waals surface area contributed by atoms with Crippen molar-refractivity contribution in [1.29, 1.82) is 0 Å². The van der Waals surface area contributed by atoms with Crippen molar-refractivity contribution in [3.8, 4) is 0 Å². The zero-order chi connectivity index (χ0) is 9.68. The highest BCUT2D eigenvalue weighted by atomic mass is 32.2. The van der Waals surface area contributed by atoms with E-state index in [9.17, 15) is 4.79 Å². The summed E-state index contributed by atoms with van der Waals surface area (Å²) in [6, 6.07) is 0. The molecule has 0 saturated carbocycles. The number of aromatic nitrogens is 4. The van der Waals surface area contributed by atoms with Crippen molar-refractivity contribution < 1.29 is 9.90 Å². The lowest BCUT2D eigenvalue weighted by atomic mass is 10.6. The summed E-state index contributed by atoms with van der Waals surface area (Å²) in [6.07, 6.45) is 1.64. The summed E-state index contributed by atoms with van der Waals surface area (Å²) in [5.41, 5.74) is 0. The van der Waals surface area contributed by atoms with E-state index in [0.29, 0.717) is 11.7 Å². The van der Waals surface area contributed by atoms with Gasteiger partial charge < -0.3 is 5.11 Å². The van der Waals surface area contributed by atoms with Crippen molar-refractivity contribution >= 4 is 17.7 Å². The molecule has 1 rings (SSSR count). The molecule has 7 heteroatoms. The molecule has 0 aliphatic heterocycles. The van der Waals surface area contributed by atoms with Gasteiger partial charge in [0.25, 0.3) is 0 Å². The Hall–Kier alpha value is -1.37. The molecule has 1 aromatic rings. The first-order valence-electron chi connectivity index (χ1n) is 3.45. The smallest absolute Gasteiger partial charge is 0.313 e. The molecular weight excluding hydrogens is 192 g/mol. The number of carboxylic acids is 1. The average molecular weight is 200 g/mol. The summed E-state index contributed by atoms with van der Waals surface area (Å²) < 4.78 is 1.49. The third kappa shape index (κ3) is 2.86. The Morgan fingerprint density at radius 1 is 1.77 bits per heavy atom. The lowest BCUT2D eigenvalue weighted by molar-refractivity contribution is -0.133. The van der Waals surface area contributed by atoms with Gasteiger partial charge in [0.1, 0.15) is 0 Å². The summed E-state index contributed by atoms with van der Waals surface area (Å²) in [7, 11) is 0. The lowest BCUT2D eigenvalue weighted by Gasteiger charge is -1.97. The van der Waals surface area contributed by atoms with E-state index >= 15 is 0 Å². The zero-order valence-corrected chi connectivity index (χ0v) is 7.57. The van der Waals surface area contributed by atoms with Gasteiger partial charge in [-0.2, -0.15) is 0 Å². The van der Waals surface area contributed by atoms with E-state index in [2.05, 4.69) is 22.1 Å². The minimum atomic E-state index is -0.891. The molecule has 0 radical (unpaired) electrons. The van der Waals surface area contributed by atoms with Crippen LogP contribution in [0.1, 0.15) is 0 Å². The van der Waals surface area contributed by atoms with Crippen LogP contribution in [-0.2, 0) is 11.3 Å². The molecule has 1 aromatic heterocycles. The molecule has 0 saturated heterocycles. The van der Waals surface area contributed by atoms with Gasteiger partial charge in [0.15, 0.2) is 0 Å². The maximum absolute atomic E-state index is 10.2. The number of hydrogen-bond donors (Lipinski definition) is 1. The Labute approximate surface area is 78.6 Å². The first-order valence-corrected chi connectivity index (χ1v) is 4.44. The molecule has 0 aromatic carbocycles. The van der Waals surface area contributed by atoms with Gasteiger partial charge in [-0.15, -0.1) is 11.7 Å². The molecule has 0 fully saturated rings. The number of carboxylic acid groups (broad SMARTS) is 1. The summed E-state index contributed by atoms with van der Waals surface area (Å²) in [5.74, 6) is -0.935. The standard InChI is InChI=1S/C6H8N4O2S/c1-2-3-10-6(7-8-9-10)13-4-5(11)12/h2H,1,3-4H2,(H,11,12). The normalized spacial score (nSPS) is 9.85. The van der Waals surface area contributed by atoms with Crippen molar-refractivity contribution in [2.45, 2.75) is 11.7 Å². The molecule has 0 spiro atoms. The van der Waals surface area contributed by atoms with Crippen molar-refractivity contribution in [1.82, 2.24) is 20.2 Å². The maximum Gasteiger partial charge on any atom is 0.313 e. The first kappa shape index (κ1) is 9.72. The van der Waals surface area contributed by atoms with Crippen LogP contribution < -0.4 is 0 Å². The van der Waals surface area contributed by atoms with Crippen LogP contribution in [0.25, 0.3) is 0 Å². The molecule has 0 amide bonds. The highest BCUT2D eigenvalue weighted by Gasteiger charge is 2.07. The van der Waals surface area contributed by atoms with Gasteiger partial charge >= 0.3 is 5.97 Å². The second-order valence-corrected chi connectivity index (χ2v) is 3.06. The molecule has 0 bridgehead atoms. The van der Waals surface area contributed by atoms with Crippen LogP contribution in [0.2, 0.25) is 0 Å². The zero-order valence-electron chi connectivity index (χ0n) is 6.75. The Bertz CT molecular complexity index is 311. The summed E-state index contributed by atoms with van der Waals surface area (Å²) in [6.45, 7) is 4.01. The van der Waals surface area contributed by atoms with Gasteiger partial charge in [-0.1, -0.05) is 17.8 Å². The second kappa shape index (κ2) is 4.61. The molecular formula is C6H8N4O2S. The number of aliphatic carboxylic acids is 1. The Kier molecular flexibility index (Phi) is 3.44. The largest absolute Gasteiger partial charge is 0.481 e. The van der Waals surface area contributed by atoms with E-state index in [0.717, 1.165) is 11.8 Å². The second-order valence-electron chi connectivity index (χ2n) is 2.11. The molecule has 13 heavy (non-hydrogen) atoms. The number of nitrogens with zero attached hydrogens (tertiary/aromatic N) is 4. The van der Waals surface area contributed by atoms with Crippen molar-refractivity contribution in [3.63, 3.8) is 0 Å². The number of thioether (sulfide) groups is 1. The van der Waals surface area contributed by atoms with Gasteiger partial charge in [-0.3, -0.25) is 4.79 Å². The van der Waals surface area contributed by atoms with Gasteiger partial charge in [0.05, 0.1) is 12.3 Å². The number of carbonyl (C=O) groups is 1. The minimum Gasteiger partial charge on any atom is -0.481 e. The predicted octanol–water partition coefficient (Wildman–Crippen LogP) is 0.0358. The van der Waals surface area contributed by atoms with E-state index in [-0.39, 0.29) is 5.75 Å². The fourth-order valence-corrected chi connectivity index (χ4v) is 1.27. The lowest BCUT2D eigenvalue weighted by Crippen LogP contribution is -2.03. The topological polar surface area (TPSA) is 80.9 Å². The van der Waals surface area contributed by atoms with Crippen LogP contribution in [0, 0.1) is 0 Å². The number of hydrogen-bond acceptors (Lipinski definition) is 5. The molecule has 0 aliphatic carbocycles. The summed E-state index contributed by atoms with van der Waals surface area (Å²) in [4.78, 5) is 10.2. The van der Waals surface area contributed by atoms with Gasteiger partial charge in [0, 0.05) is 0 Å². The monoisotopic (exact) mass is 200 g/mol. The summed E-state index contributed by atoms with van der Waals surface area (Å²) >= 11 is 1.08. The first-order chi connectivity index (χ1) is 6.24. The average Bonchev–Trinajstić information content (AvgIpc) is 2.49. The SMILES string of the molecule is C=CCn1nnnc1SCC(=O)O. The third-order valence-electron chi connectivity index (χ3n) is 1.13. The molecule has 1 N–H and O–H groups in total. The molecule has 0 aliphatic rings. The van der Waals surface area contributed by atoms with Crippen molar-refractivity contribution in [3.05, 3.63) is 12.7 Å². The van der Waals surface area contributed by atoms with Crippen LogP contribution in [0.5, 0.6) is 0 Å². The molecule has 1 heterocycles. The molecule has 6 nitrogen and oxygen atoms in total. The Balaban J connectivity index is 2.59. The van der Waals surface area contributed by atoms with Gasteiger partial charge in [0.2, 0.25) is 5.16 Å². The van der Waals surface area contributed by atoms with Crippen LogP contribution in [0.4, 0.5) is 0 Å². The van der Waals surface area contributed by atoms with E-state index in [1.54, 1.807) is 6.08 Å². The van der Waals surface area contributed by atoms with E-state index in [1.807, 2.05) is 0 Å². The Morgan fingerprint density at radius 2 is 2.54 bits per heavy atom. The molecule has 0 atom stereocenters. The minimum absolute atomic E-state index is 0.0441. The van der Waals surface area contributed by atoms with Crippen LogP contribution in [0.3, 0.4) is 0 Å². The number of allylic oxidation sites excluding steroid dienone is 1. The van der Waals surface area contributed by atoms with Gasteiger partial charge in [-0.25, -0.2) is 4.68 Å². The number of rotatable bonds is 5. The third-order valence-corrected chi connectivity index (χ3v) is 2.07. The van der Waals surface area contributed by atoms with E-state index in [4.69, 9.17) is 5.11 Å². The highest BCUT2D eigenvalue weighted by molar-refractivity contribution is 7.99. The quantitative estimate of drug-likeness (QED) is 0.533. The highest BCUT2D eigenvalue weighted by Crippen LogP contribution is 2.12. The van der Waals surface area contributed by atoms with Crippen LogP contribution >= 0.6 is 11.8 Å². The van der Waals surface area contributed by atoms with Crippen molar-refractivity contribution in [2.75, 3.05) is 5.75 Å². The van der Waals surface area contributed by atoms with E-state index < -0.39 is 5.97 Å². The molecule has 0 unspecified atom stereocenters. The number of tetrazole rings is 1. The van der Waals surface area contributed by atoms with E-state index in [1.165, 1.54) is 4.68 Å². The van der Waals surface area contributed by atoms with Gasteiger partial charge in [-0.05, 0) is 10.4 Å².